The molecule has 0 spiro atoms. The Hall–Kier alpha value is -5.08. The Morgan fingerprint density at radius 3 is 1.06 bits per heavy atom. The number of hydrogen-bond donors (Lipinski definition) is 0. The molecule has 2 nitrogen and oxygen atoms in total. The summed E-state index contributed by atoms with van der Waals surface area (Å²) in [5, 5.41) is 0. The van der Waals surface area contributed by atoms with Gasteiger partial charge in [-0.05, 0) is 105 Å². The van der Waals surface area contributed by atoms with Crippen LogP contribution in [0.1, 0.15) is 74.9 Å². The molecule has 9 rings (SSSR count). The smallest absolute Gasteiger partial charge is 0.0506 e. The number of rotatable bonds is 2. The molecule has 0 atom stereocenters. The van der Waals surface area contributed by atoms with E-state index in [0.717, 1.165) is 0 Å². The predicted octanol–water partition coefficient (Wildman–Crippen LogP) is 12.2. The number of fused-ring (bicyclic) bond motifs is 7. The van der Waals surface area contributed by atoms with Gasteiger partial charge in [0.25, 0.3) is 0 Å². The second kappa shape index (κ2) is 9.48. The zero-order chi connectivity index (χ0) is 32.3. The molecule has 0 bridgehead atoms. The van der Waals surface area contributed by atoms with Gasteiger partial charge in [0, 0.05) is 27.6 Å². The largest absolute Gasteiger partial charge is 0.310 e. The molecule has 0 radical (unpaired) electrons. The van der Waals surface area contributed by atoms with E-state index in [2.05, 4.69) is 185 Å². The second-order valence-corrected chi connectivity index (χ2v) is 15.1. The molecule has 3 aliphatic rings. The Morgan fingerprint density at radius 2 is 0.660 bits per heavy atom. The summed E-state index contributed by atoms with van der Waals surface area (Å²) in [6.45, 7) is 14.4. The van der Waals surface area contributed by atoms with Crippen LogP contribution in [0.4, 0.5) is 34.1 Å². The van der Waals surface area contributed by atoms with E-state index in [4.69, 9.17) is 0 Å². The fourth-order valence-electron chi connectivity index (χ4n) is 8.83. The van der Waals surface area contributed by atoms with Crippen LogP contribution in [0, 0.1) is 0 Å². The lowest BCUT2D eigenvalue weighted by Crippen LogP contribution is -2.31. The Bertz CT molecular complexity index is 2060. The summed E-state index contributed by atoms with van der Waals surface area (Å²) < 4.78 is 0. The van der Waals surface area contributed by atoms with Crippen LogP contribution < -0.4 is 9.80 Å². The van der Waals surface area contributed by atoms with Crippen LogP contribution in [0.3, 0.4) is 0 Å². The van der Waals surface area contributed by atoms with Crippen molar-refractivity contribution in [1.29, 1.82) is 0 Å². The summed E-state index contributed by atoms with van der Waals surface area (Å²) in [7, 11) is 0. The first-order valence-electron chi connectivity index (χ1n) is 16.9. The number of benzene rings is 6. The first-order chi connectivity index (χ1) is 22.6. The molecular formula is C45H40N2. The van der Waals surface area contributed by atoms with Gasteiger partial charge in [-0.25, -0.2) is 0 Å². The lowest BCUT2D eigenvalue weighted by Gasteiger charge is -2.43. The molecule has 6 aromatic carbocycles. The third-order valence-corrected chi connectivity index (χ3v) is 11.4. The molecule has 1 aliphatic carbocycles. The molecule has 0 saturated carbocycles. The van der Waals surface area contributed by atoms with Gasteiger partial charge in [0.1, 0.15) is 0 Å². The summed E-state index contributed by atoms with van der Waals surface area (Å²) in [6.07, 6.45) is 0. The average Bonchev–Trinajstić information content (AvgIpc) is 3.30. The maximum atomic E-state index is 2.54. The van der Waals surface area contributed by atoms with E-state index in [1.807, 2.05) is 0 Å². The monoisotopic (exact) mass is 608 g/mol. The highest BCUT2D eigenvalue weighted by molar-refractivity contribution is 5.94. The summed E-state index contributed by atoms with van der Waals surface area (Å²) in [5.74, 6) is 0. The van der Waals surface area contributed by atoms with Gasteiger partial charge >= 0.3 is 0 Å². The van der Waals surface area contributed by atoms with Gasteiger partial charge in [0.2, 0.25) is 0 Å². The average molecular weight is 609 g/mol. The first kappa shape index (κ1) is 28.2. The molecule has 2 heterocycles. The van der Waals surface area contributed by atoms with E-state index in [0.29, 0.717) is 0 Å². The van der Waals surface area contributed by atoms with Gasteiger partial charge in [-0.3, -0.25) is 0 Å². The third-order valence-electron chi connectivity index (χ3n) is 11.4. The van der Waals surface area contributed by atoms with Gasteiger partial charge in [-0.1, -0.05) is 114 Å². The van der Waals surface area contributed by atoms with E-state index < -0.39 is 0 Å². The minimum Gasteiger partial charge on any atom is -0.310 e. The van der Waals surface area contributed by atoms with E-state index in [9.17, 15) is 0 Å². The van der Waals surface area contributed by atoms with Gasteiger partial charge < -0.3 is 9.80 Å². The zero-order valence-electron chi connectivity index (χ0n) is 28.1. The highest BCUT2D eigenvalue weighted by Crippen LogP contribution is 2.60. The van der Waals surface area contributed by atoms with Gasteiger partial charge in [-0.15, -0.1) is 0 Å². The summed E-state index contributed by atoms with van der Waals surface area (Å²) in [4.78, 5) is 4.97. The van der Waals surface area contributed by atoms with Crippen molar-refractivity contribution in [3.05, 3.63) is 167 Å². The Balaban J connectivity index is 1.32. The lowest BCUT2D eigenvalue weighted by atomic mass is 9.71. The van der Waals surface area contributed by atoms with Crippen molar-refractivity contribution < 1.29 is 0 Å². The van der Waals surface area contributed by atoms with Crippen molar-refractivity contribution in [1.82, 2.24) is 0 Å². The van der Waals surface area contributed by atoms with Crippen LogP contribution in [0.25, 0.3) is 11.1 Å². The number of hydrogen-bond acceptors (Lipinski definition) is 2. The molecule has 0 amide bonds. The number of anilines is 6. The van der Waals surface area contributed by atoms with Gasteiger partial charge in [-0.2, -0.15) is 0 Å². The van der Waals surface area contributed by atoms with E-state index in [1.54, 1.807) is 0 Å². The fourth-order valence-corrected chi connectivity index (χ4v) is 8.83. The summed E-state index contributed by atoms with van der Waals surface area (Å²) in [5.41, 5.74) is 18.0. The second-order valence-electron chi connectivity index (χ2n) is 15.1. The van der Waals surface area contributed by atoms with Crippen molar-refractivity contribution in [3.63, 3.8) is 0 Å². The molecule has 0 aromatic heterocycles. The third kappa shape index (κ3) is 3.73. The van der Waals surface area contributed by atoms with Crippen molar-refractivity contribution >= 4 is 34.1 Å². The SMILES string of the molecule is CC1(C)c2cc3c(cc2-c2cc4c(cc21)N(c1ccccc1)c1ccccc1C4(C)C)C(C)(C)c1ccccc1N3c1ccccc1. The van der Waals surface area contributed by atoms with Crippen LogP contribution in [-0.4, -0.2) is 0 Å². The molecule has 6 aromatic rings. The van der Waals surface area contributed by atoms with Gasteiger partial charge in [0.15, 0.2) is 0 Å². The maximum Gasteiger partial charge on any atom is 0.0506 e. The summed E-state index contributed by atoms with van der Waals surface area (Å²) in [6, 6.07) is 49.7. The molecule has 2 aliphatic heterocycles. The van der Waals surface area contributed by atoms with E-state index in [1.165, 1.54) is 78.6 Å². The number of para-hydroxylation sites is 4. The normalized spacial score (nSPS) is 17.1. The molecule has 230 valence electrons. The topological polar surface area (TPSA) is 6.48 Å². The number of nitrogens with zero attached hydrogens (tertiary/aromatic N) is 2. The van der Waals surface area contributed by atoms with Crippen LogP contribution in [-0.2, 0) is 16.2 Å². The Kier molecular flexibility index (Phi) is 5.68. The van der Waals surface area contributed by atoms with Crippen LogP contribution in [0.5, 0.6) is 0 Å². The van der Waals surface area contributed by atoms with Crippen molar-refractivity contribution in [3.8, 4) is 11.1 Å². The van der Waals surface area contributed by atoms with Crippen LogP contribution in [0.15, 0.2) is 133 Å². The van der Waals surface area contributed by atoms with Crippen LogP contribution in [0.2, 0.25) is 0 Å². The predicted molar refractivity (Wildman–Crippen MR) is 198 cm³/mol. The maximum absolute atomic E-state index is 2.54. The van der Waals surface area contributed by atoms with Crippen molar-refractivity contribution in [2.75, 3.05) is 9.80 Å². The molecule has 0 N–H and O–H groups in total. The van der Waals surface area contributed by atoms with E-state index >= 15 is 0 Å². The Morgan fingerprint density at radius 1 is 0.319 bits per heavy atom. The fraction of sp³-hybridized carbons (Fsp3) is 0.200. The van der Waals surface area contributed by atoms with Crippen molar-refractivity contribution in [2.24, 2.45) is 0 Å². The minimum atomic E-state index is -0.179. The first-order valence-corrected chi connectivity index (χ1v) is 16.9. The molecule has 47 heavy (non-hydrogen) atoms. The molecule has 2 heteroatoms. The van der Waals surface area contributed by atoms with Crippen molar-refractivity contribution in [2.45, 2.75) is 57.8 Å². The molecule has 0 unspecified atom stereocenters. The molecule has 0 saturated heterocycles. The Labute approximate surface area is 279 Å². The quantitative estimate of drug-likeness (QED) is 0.193. The van der Waals surface area contributed by atoms with Crippen LogP contribution >= 0.6 is 0 Å². The molecular weight excluding hydrogens is 569 g/mol. The lowest BCUT2D eigenvalue weighted by molar-refractivity contribution is 0.624. The highest BCUT2D eigenvalue weighted by atomic mass is 15.2. The minimum absolute atomic E-state index is 0.157. The highest BCUT2D eigenvalue weighted by Gasteiger charge is 2.45. The zero-order valence-corrected chi connectivity index (χ0v) is 28.1. The van der Waals surface area contributed by atoms with E-state index in [-0.39, 0.29) is 16.2 Å². The molecule has 0 fully saturated rings. The standard InChI is InChI=1S/C45H40N2/c1-43(2)33-21-13-15-23-39(33)46(29-17-9-7-10-18-29)41-27-35-31(25-37(41)43)32-26-38-42(28-36(32)45(35,5)6)47(30-19-11-8-12-20-30)40-24-16-14-22-34(40)44(38,3)4/h7-28H,1-6H3. The van der Waals surface area contributed by atoms with Gasteiger partial charge in [0.05, 0.1) is 22.7 Å². The summed E-state index contributed by atoms with van der Waals surface area (Å²) >= 11 is 0.